The molecular formula is C26H37N3O. The van der Waals surface area contributed by atoms with Crippen LogP contribution in [0.2, 0.25) is 0 Å². The number of hydrogen-bond acceptors (Lipinski definition) is 2. The van der Waals surface area contributed by atoms with Crippen molar-refractivity contribution in [1.29, 1.82) is 0 Å². The van der Waals surface area contributed by atoms with Crippen molar-refractivity contribution in [2.24, 2.45) is 5.92 Å². The Balaban J connectivity index is 1.42. The van der Waals surface area contributed by atoms with Crippen molar-refractivity contribution >= 4 is 16.8 Å². The van der Waals surface area contributed by atoms with Gasteiger partial charge < -0.3 is 9.88 Å². The number of likely N-dealkylation sites (N-methyl/N-ethyl adjacent to an activating group) is 1. The predicted octanol–water partition coefficient (Wildman–Crippen LogP) is 4.85. The molecule has 4 nitrogen and oxygen atoms in total. The summed E-state index contributed by atoms with van der Waals surface area (Å²) in [5.41, 5.74) is 4.36. The molecule has 1 unspecified atom stereocenters. The second-order valence-electron chi connectivity index (χ2n) is 9.78. The number of hydrogen-bond donors (Lipinski definition) is 1. The number of amides is 1. The number of fused-ring (bicyclic) bond motifs is 2. The van der Waals surface area contributed by atoms with Gasteiger partial charge in [0.1, 0.15) is 0 Å². The van der Waals surface area contributed by atoms with E-state index in [1.165, 1.54) is 47.7 Å². The van der Waals surface area contributed by atoms with Gasteiger partial charge in [-0.05, 0) is 56.3 Å². The van der Waals surface area contributed by atoms with Gasteiger partial charge in [0.05, 0.1) is 5.92 Å². The van der Waals surface area contributed by atoms with Gasteiger partial charge in [-0.2, -0.15) is 0 Å². The van der Waals surface area contributed by atoms with Crippen molar-refractivity contribution in [2.75, 3.05) is 13.1 Å². The molecule has 5 rings (SSSR count). The van der Waals surface area contributed by atoms with Crippen LogP contribution < -0.4 is 5.32 Å². The minimum Gasteiger partial charge on any atom is -0.353 e. The fourth-order valence-electron chi connectivity index (χ4n) is 6.53. The van der Waals surface area contributed by atoms with Crippen LogP contribution in [-0.2, 0) is 17.8 Å². The molecule has 162 valence electrons. The first kappa shape index (κ1) is 20.1. The van der Waals surface area contributed by atoms with E-state index in [9.17, 15) is 4.79 Å². The van der Waals surface area contributed by atoms with E-state index >= 15 is 0 Å². The molecule has 1 saturated heterocycles. The van der Waals surface area contributed by atoms with Crippen molar-refractivity contribution < 1.29 is 4.79 Å². The van der Waals surface area contributed by atoms with E-state index in [0.29, 0.717) is 23.9 Å². The summed E-state index contributed by atoms with van der Waals surface area (Å²) in [4.78, 5) is 15.9. The second-order valence-corrected chi connectivity index (χ2v) is 9.78. The molecule has 2 heterocycles. The quantitative estimate of drug-likeness (QED) is 0.736. The average molecular weight is 408 g/mol. The Hall–Kier alpha value is -1.81. The predicted molar refractivity (Wildman–Crippen MR) is 123 cm³/mol. The number of aryl methyl sites for hydroxylation is 1. The summed E-state index contributed by atoms with van der Waals surface area (Å²) < 4.78 is 2.40. The average Bonchev–Trinajstić information content (AvgIpc) is 2.94. The molecule has 0 bridgehead atoms. The van der Waals surface area contributed by atoms with E-state index in [-0.39, 0.29) is 5.92 Å². The maximum absolute atomic E-state index is 13.3. The van der Waals surface area contributed by atoms with Crippen molar-refractivity contribution in [3.63, 3.8) is 0 Å². The van der Waals surface area contributed by atoms with Crippen LogP contribution in [0.5, 0.6) is 0 Å². The number of benzene rings is 1. The van der Waals surface area contributed by atoms with E-state index in [4.69, 9.17) is 0 Å². The number of likely N-dealkylation sites (tertiary alicyclic amines) is 1. The first-order valence-corrected chi connectivity index (χ1v) is 12.3. The molecule has 1 aliphatic heterocycles. The molecule has 1 saturated carbocycles. The number of rotatable bonds is 4. The molecule has 3 aliphatic rings. The summed E-state index contributed by atoms with van der Waals surface area (Å²) in [5, 5.41) is 4.93. The maximum Gasteiger partial charge on any atom is 0.224 e. The SMILES string of the molecule is CCN1C[C@H](C(=O)NC2CCCCCC2)CC2c3cccc4c3c(cn4CC)C[C@H]21. The van der Waals surface area contributed by atoms with E-state index < -0.39 is 0 Å². The number of carbonyl (C=O) groups excluding carboxylic acids is 1. The molecule has 2 aliphatic carbocycles. The van der Waals surface area contributed by atoms with Crippen LogP contribution in [0.25, 0.3) is 10.9 Å². The second kappa shape index (κ2) is 8.37. The normalized spacial score (nSPS) is 27.6. The summed E-state index contributed by atoms with van der Waals surface area (Å²) in [7, 11) is 0. The summed E-state index contributed by atoms with van der Waals surface area (Å²) in [5.74, 6) is 0.884. The fraction of sp³-hybridized carbons (Fsp3) is 0.654. The molecule has 4 heteroatoms. The van der Waals surface area contributed by atoms with Gasteiger partial charge in [-0.25, -0.2) is 0 Å². The van der Waals surface area contributed by atoms with Crippen molar-refractivity contribution in [1.82, 2.24) is 14.8 Å². The van der Waals surface area contributed by atoms with Gasteiger partial charge in [-0.3, -0.25) is 9.69 Å². The van der Waals surface area contributed by atoms with Crippen LogP contribution in [0.3, 0.4) is 0 Å². The fourth-order valence-corrected chi connectivity index (χ4v) is 6.53. The molecule has 1 amide bonds. The molecule has 3 atom stereocenters. The summed E-state index contributed by atoms with van der Waals surface area (Å²) in [6.07, 6.45) is 12.0. The van der Waals surface area contributed by atoms with Gasteiger partial charge in [0.25, 0.3) is 0 Å². The van der Waals surface area contributed by atoms with Crippen molar-refractivity contribution in [3.05, 3.63) is 35.5 Å². The van der Waals surface area contributed by atoms with E-state index in [0.717, 1.165) is 45.3 Å². The Morgan fingerprint density at radius 3 is 2.63 bits per heavy atom. The Bertz CT molecular complexity index is 908. The lowest BCUT2D eigenvalue weighted by Crippen LogP contribution is -2.53. The Kier molecular flexibility index (Phi) is 5.61. The Labute approximate surface area is 181 Å². The minimum absolute atomic E-state index is 0.111. The van der Waals surface area contributed by atoms with Gasteiger partial charge in [0, 0.05) is 48.2 Å². The van der Waals surface area contributed by atoms with Crippen LogP contribution in [0.1, 0.15) is 75.8 Å². The summed E-state index contributed by atoms with van der Waals surface area (Å²) >= 11 is 0. The lowest BCUT2D eigenvalue weighted by atomic mass is 9.72. The van der Waals surface area contributed by atoms with E-state index in [2.05, 4.69) is 53.0 Å². The number of nitrogens with zero attached hydrogens (tertiary/aromatic N) is 2. The Morgan fingerprint density at radius 2 is 1.90 bits per heavy atom. The largest absolute Gasteiger partial charge is 0.353 e. The molecule has 1 N–H and O–H groups in total. The third-order valence-electron chi connectivity index (χ3n) is 8.09. The molecule has 0 radical (unpaired) electrons. The molecular weight excluding hydrogens is 370 g/mol. The third-order valence-corrected chi connectivity index (χ3v) is 8.09. The zero-order valence-electron chi connectivity index (χ0n) is 18.7. The van der Waals surface area contributed by atoms with Crippen molar-refractivity contribution in [3.8, 4) is 0 Å². The highest BCUT2D eigenvalue weighted by Crippen LogP contribution is 2.45. The van der Waals surface area contributed by atoms with Gasteiger partial charge in [0.15, 0.2) is 0 Å². The zero-order valence-corrected chi connectivity index (χ0v) is 18.7. The van der Waals surface area contributed by atoms with Crippen molar-refractivity contribution in [2.45, 2.75) is 89.8 Å². The first-order valence-electron chi connectivity index (χ1n) is 12.3. The maximum atomic E-state index is 13.3. The Morgan fingerprint density at radius 1 is 1.10 bits per heavy atom. The first-order chi connectivity index (χ1) is 14.7. The number of nitrogens with one attached hydrogen (secondary N) is 1. The smallest absolute Gasteiger partial charge is 0.224 e. The monoisotopic (exact) mass is 407 g/mol. The lowest BCUT2D eigenvalue weighted by Gasteiger charge is -2.46. The number of aromatic nitrogens is 1. The summed E-state index contributed by atoms with van der Waals surface area (Å²) in [6.45, 7) is 7.44. The third kappa shape index (κ3) is 3.47. The highest BCUT2D eigenvalue weighted by atomic mass is 16.2. The molecule has 0 spiro atoms. The molecule has 30 heavy (non-hydrogen) atoms. The van der Waals surface area contributed by atoms with Crippen LogP contribution in [0.15, 0.2) is 24.4 Å². The van der Waals surface area contributed by atoms with Gasteiger partial charge in [-0.15, -0.1) is 0 Å². The summed E-state index contributed by atoms with van der Waals surface area (Å²) in [6, 6.07) is 7.75. The minimum atomic E-state index is 0.111. The van der Waals surface area contributed by atoms with Crippen LogP contribution >= 0.6 is 0 Å². The van der Waals surface area contributed by atoms with Gasteiger partial charge >= 0.3 is 0 Å². The van der Waals surface area contributed by atoms with Crippen LogP contribution in [0.4, 0.5) is 0 Å². The topological polar surface area (TPSA) is 37.3 Å². The standard InChI is InChI=1S/C26H37N3O/c1-3-28-16-18-15-24-22(21-12-9-13-23(28)25(18)21)14-19(17-29(24)4-2)26(30)27-20-10-7-5-6-8-11-20/h9,12-13,16,19-20,22,24H,3-8,10-11,14-15,17H2,1-2H3,(H,27,30)/t19-,22?,24-/m1/s1. The number of carbonyl (C=O) groups is 1. The highest BCUT2D eigenvalue weighted by Gasteiger charge is 2.42. The van der Waals surface area contributed by atoms with Gasteiger partial charge in [0.2, 0.25) is 5.91 Å². The zero-order chi connectivity index (χ0) is 20.7. The van der Waals surface area contributed by atoms with Crippen LogP contribution in [0, 0.1) is 5.92 Å². The molecule has 1 aromatic carbocycles. The van der Waals surface area contributed by atoms with E-state index in [1.807, 2.05) is 0 Å². The number of piperidine rings is 1. The molecule has 1 aromatic heterocycles. The van der Waals surface area contributed by atoms with Crippen LogP contribution in [-0.4, -0.2) is 40.5 Å². The highest BCUT2D eigenvalue weighted by molar-refractivity contribution is 5.89. The lowest BCUT2D eigenvalue weighted by molar-refractivity contribution is -0.128. The molecule has 2 fully saturated rings. The van der Waals surface area contributed by atoms with Gasteiger partial charge in [-0.1, -0.05) is 44.7 Å². The van der Waals surface area contributed by atoms with E-state index in [1.54, 1.807) is 0 Å². The molecule has 2 aromatic rings.